The van der Waals surface area contributed by atoms with E-state index in [0.717, 1.165) is 53.8 Å². The summed E-state index contributed by atoms with van der Waals surface area (Å²) in [5.41, 5.74) is 5.15. The summed E-state index contributed by atoms with van der Waals surface area (Å²) in [5, 5.41) is 6.64. The van der Waals surface area contributed by atoms with Crippen LogP contribution < -0.4 is 15.5 Å². The Balaban J connectivity index is 1.39. The molecule has 0 saturated carbocycles. The summed E-state index contributed by atoms with van der Waals surface area (Å²) in [7, 11) is 0. The highest BCUT2D eigenvalue weighted by atomic mass is 16.2. The third-order valence-electron chi connectivity index (χ3n) is 5.27. The van der Waals surface area contributed by atoms with Gasteiger partial charge in [-0.2, -0.15) is 0 Å². The second-order valence-corrected chi connectivity index (χ2v) is 7.49. The summed E-state index contributed by atoms with van der Waals surface area (Å²) in [4.78, 5) is 23.1. The average Bonchev–Trinajstić information content (AvgIpc) is 3.37. The van der Waals surface area contributed by atoms with Gasteiger partial charge in [-0.15, -0.1) is 0 Å². The number of pyridine rings is 1. The molecule has 0 atom stereocenters. The van der Waals surface area contributed by atoms with Gasteiger partial charge in [-0.3, -0.25) is 4.79 Å². The number of imidazole rings is 1. The smallest absolute Gasteiger partial charge is 0.227 e. The molecule has 0 bridgehead atoms. The van der Waals surface area contributed by atoms with Crippen LogP contribution in [0.1, 0.15) is 36.7 Å². The molecule has 0 aliphatic carbocycles. The number of amides is 1. The number of carbonyl (C=O) groups is 1. The molecule has 1 aliphatic rings. The first-order valence-corrected chi connectivity index (χ1v) is 10.5. The quantitative estimate of drug-likeness (QED) is 0.489. The molecule has 156 valence electrons. The zero-order valence-electron chi connectivity index (χ0n) is 17.6. The van der Waals surface area contributed by atoms with Crippen LogP contribution >= 0.6 is 0 Å². The fourth-order valence-corrected chi connectivity index (χ4v) is 3.67. The van der Waals surface area contributed by atoms with Crippen LogP contribution in [0.3, 0.4) is 0 Å². The molecule has 3 heterocycles. The van der Waals surface area contributed by atoms with Crippen LogP contribution in [0, 0.1) is 6.92 Å². The summed E-state index contributed by atoms with van der Waals surface area (Å²) in [6.45, 7) is 6.88. The van der Waals surface area contributed by atoms with Gasteiger partial charge in [0.25, 0.3) is 0 Å². The Labute approximate surface area is 176 Å². The molecule has 1 aromatic carbocycles. The summed E-state index contributed by atoms with van der Waals surface area (Å²) < 4.78 is 2.09. The molecule has 0 radical (unpaired) electrons. The normalized spacial score (nSPS) is 14.5. The van der Waals surface area contributed by atoms with Gasteiger partial charge in [0.15, 0.2) is 5.96 Å². The maximum Gasteiger partial charge on any atom is 0.227 e. The van der Waals surface area contributed by atoms with Crippen molar-refractivity contribution in [1.82, 2.24) is 20.0 Å². The monoisotopic (exact) mass is 404 g/mol. The van der Waals surface area contributed by atoms with Gasteiger partial charge in [0.1, 0.15) is 5.65 Å². The number of carbonyl (C=O) groups excluding carboxylic acids is 1. The molecule has 0 spiro atoms. The lowest BCUT2D eigenvalue weighted by Crippen LogP contribution is -2.36. The van der Waals surface area contributed by atoms with Crippen molar-refractivity contribution in [3.63, 3.8) is 0 Å². The van der Waals surface area contributed by atoms with Crippen LogP contribution in [0.5, 0.6) is 0 Å². The predicted octanol–water partition coefficient (Wildman–Crippen LogP) is 3.02. The van der Waals surface area contributed by atoms with Crippen LogP contribution in [0.25, 0.3) is 5.65 Å². The SMILES string of the molecule is CCNC(=NCc1ccc(N2CCCC2=O)cc1)NCc1cn2c(C)cccc2n1. The molecule has 7 heteroatoms. The number of aryl methyl sites for hydroxylation is 1. The van der Waals surface area contributed by atoms with Gasteiger partial charge in [-0.05, 0) is 50.1 Å². The first-order chi connectivity index (χ1) is 14.6. The number of guanidine groups is 1. The second kappa shape index (κ2) is 8.98. The fourth-order valence-electron chi connectivity index (χ4n) is 3.67. The number of benzene rings is 1. The topological polar surface area (TPSA) is 74.0 Å². The lowest BCUT2D eigenvalue weighted by molar-refractivity contribution is -0.117. The number of nitrogens with zero attached hydrogens (tertiary/aromatic N) is 4. The van der Waals surface area contributed by atoms with E-state index < -0.39 is 0 Å². The summed E-state index contributed by atoms with van der Waals surface area (Å²) >= 11 is 0. The third kappa shape index (κ3) is 4.45. The van der Waals surface area contributed by atoms with E-state index in [-0.39, 0.29) is 5.91 Å². The van der Waals surface area contributed by atoms with Crippen molar-refractivity contribution in [3.8, 4) is 0 Å². The van der Waals surface area contributed by atoms with Crippen molar-refractivity contribution < 1.29 is 4.79 Å². The predicted molar refractivity (Wildman–Crippen MR) is 120 cm³/mol. The number of fused-ring (bicyclic) bond motifs is 1. The minimum atomic E-state index is 0.210. The number of anilines is 1. The molecule has 4 rings (SSSR count). The highest BCUT2D eigenvalue weighted by molar-refractivity contribution is 5.95. The van der Waals surface area contributed by atoms with Crippen molar-refractivity contribution in [2.45, 2.75) is 39.8 Å². The van der Waals surface area contributed by atoms with E-state index in [4.69, 9.17) is 4.99 Å². The summed E-state index contributed by atoms with van der Waals surface area (Å²) in [6.07, 6.45) is 3.64. The Hall–Kier alpha value is -3.35. The Bertz CT molecular complexity index is 1050. The average molecular weight is 405 g/mol. The molecular formula is C23H28N6O. The van der Waals surface area contributed by atoms with Crippen LogP contribution in [0.4, 0.5) is 5.69 Å². The van der Waals surface area contributed by atoms with Crippen LogP contribution in [0.2, 0.25) is 0 Å². The van der Waals surface area contributed by atoms with E-state index in [1.54, 1.807) is 0 Å². The van der Waals surface area contributed by atoms with Gasteiger partial charge >= 0.3 is 0 Å². The lowest BCUT2D eigenvalue weighted by Gasteiger charge is -2.15. The van der Waals surface area contributed by atoms with Crippen molar-refractivity contribution >= 4 is 23.2 Å². The molecule has 2 aromatic heterocycles. The molecule has 2 N–H and O–H groups in total. The molecule has 3 aromatic rings. The number of hydrogen-bond acceptors (Lipinski definition) is 3. The molecule has 1 amide bonds. The maximum absolute atomic E-state index is 11.9. The van der Waals surface area contributed by atoms with Crippen molar-refractivity contribution in [2.24, 2.45) is 4.99 Å². The van der Waals surface area contributed by atoms with E-state index >= 15 is 0 Å². The van der Waals surface area contributed by atoms with E-state index in [9.17, 15) is 4.79 Å². The van der Waals surface area contributed by atoms with Crippen molar-refractivity contribution in [1.29, 1.82) is 0 Å². The number of aromatic nitrogens is 2. The molecular weight excluding hydrogens is 376 g/mol. The Kier molecular flexibility index (Phi) is 5.97. The largest absolute Gasteiger partial charge is 0.357 e. The van der Waals surface area contributed by atoms with Crippen molar-refractivity contribution in [2.75, 3.05) is 18.0 Å². The molecule has 30 heavy (non-hydrogen) atoms. The number of rotatable bonds is 6. The standard InChI is InChI=1S/C23H28N6O/c1-3-24-23(26-15-19-16-29-17(2)6-4-7-21(29)27-19)25-14-18-9-11-20(12-10-18)28-13-5-8-22(28)30/h4,6-7,9-12,16H,3,5,8,13-15H2,1-2H3,(H2,24,25,26). The van der Waals surface area contributed by atoms with Gasteiger partial charge in [0.05, 0.1) is 18.8 Å². The third-order valence-corrected chi connectivity index (χ3v) is 5.27. The van der Waals surface area contributed by atoms with Crippen LogP contribution in [-0.2, 0) is 17.9 Å². The van der Waals surface area contributed by atoms with Gasteiger partial charge in [-0.25, -0.2) is 9.98 Å². The van der Waals surface area contributed by atoms with Crippen LogP contribution in [0.15, 0.2) is 53.7 Å². The Morgan fingerprint density at radius 3 is 2.70 bits per heavy atom. The highest BCUT2D eigenvalue weighted by Gasteiger charge is 2.21. The van der Waals surface area contributed by atoms with Gasteiger partial charge in [0.2, 0.25) is 5.91 Å². The second-order valence-electron chi connectivity index (χ2n) is 7.49. The van der Waals surface area contributed by atoms with Gasteiger partial charge in [0, 0.05) is 37.1 Å². The highest BCUT2D eigenvalue weighted by Crippen LogP contribution is 2.21. The number of aliphatic imine (C=N–C) groups is 1. The summed E-state index contributed by atoms with van der Waals surface area (Å²) in [5.74, 6) is 0.964. The Morgan fingerprint density at radius 2 is 2.00 bits per heavy atom. The minimum Gasteiger partial charge on any atom is -0.357 e. The van der Waals surface area contributed by atoms with Crippen molar-refractivity contribution in [3.05, 3.63) is 65.6 Å². The maximum atomic E-state index is 11.9. The number of hydrogen-bond donors (Lipinski definition) is 2. The molecule has 1 saturated heterocycles. The summed E-state index contributed by atoms with van der Waals surface area (Å²) in [6, 6.07) is 14.2. The van der Waals surface area contributed by atoms with E-state index in [1.807, 2.05) is 48.2 Å². The van der Waals surface area contributed by atoms with E-state index in [0.29, 0.717) is 19.5 Å². The zero-order valence-corrected chi connectivity index (χ0v) is 17.6. The zero-order chi connectivity index (χ0) is 20.9. The first kappa shape index (κ1) is 19.9. The molecule has 1 aliphatic heterocycles. The van der Waals surface area contributed by atoms with Gasteiger partial charge in [-0.1, -0.05) is 18.2 Å². The molecule has 0 unspecified atom stereocenters. The number of nitrogens with one attached hydrogen (secondary N) is 2. The lowest BCUT2D eigenvalue weighted by atomic mass is 10.2. The Morgan fingerprint density at radius 1 is 1.17 bits per heavy atom. The van der Waals surface area contributed by atoms with Gasteiger partial charge < -0.3 is 19.9 Å². The van der Waals surface area contributed by atoms with E-state index in [2.05, 4.69) is 39.2 Å². The molecule has 1 fully saturated rings. The van der Waals surface area contributed by atoms with E-state index in [1.165, 1.54) is 0 Å². The first-order valence-electron chi connectivity index (χ1n) is 10.5. The fraction of sp³-hybridized carbons (Fsp3) is 0.348. The molecule has 7 nitrogen and oxygen atoms in total. The van der Waals surface area contributed by atoms with Crippen LogP contribution in [-0.4, -0.2) is 34.3 Å². The minimum absolute atomic E-state index is 0.210.